The van der Waals surface area contributed by atoms with Crippen LogP contribution in [-0.4, -0.2) is 61.5 Å². The van der Waals surface area contributed by atoms with Crippen LogP contribution in [0.15, 0.2) is 38.1 Å². The van der Waals surface area contributed by atoms with E-state index < -0.39 is 40.0 Å². The van der Waals surface area contributed by atoms with Gasteiger partial charge in [-0.25, -0.2) is 4.79 Å². The molecule has 3 heterocycles. The molecule has 10 nitrogen and oxygen atoms in total. The van der Waals surface area contributed by atoms with Crippen molar-refractivity contribution in [3.63, 3.8) is 0 Å². The van der Waals surface area contributed by atoms with Gasteiger partial charge in [-0.3, -0.25) is 18.7 Å². The second kappa shape index (κ2) is 8.13. The van der Waals surface area contributed by atoms with Crippen molar-refractivity contribution in [2.45, 2.75) is 16.3 Å². The van der Waals surface area contributed by atoms with E-state index in [-0.39, 0.29) is 23.7 Å². The molecule has 0 radical (unpaired) electrons. The molecule has 3 unspecified atom stereocenters. The average Bonchev–Trinajstić information content (AvgIpc) is 3.18. The summed E-state index contributed by atoms with van der Waals surface area (Å²) in [6, 6.07) is 0.786. The maximum atomic E-state index is 12.4. The van der Waals surface area contributed by atoms with Crippen LogP contribution in [0.25, 0.3) is 10.4 Å². The van der Waals surface area contributed by atoms with Gasteiger partial charge in [-0.1, -0.05) is 5.11 Å². The number of nitrogens with one attached hydrogen (secondary N) is 1. The molecule has 1 aromatic heterocycles. The first kappa shape index (κ1) is 19.4. The summed E-state index contributed by atoms with van der Waals surface area (Å²) in [6.45, 7) is -0.141. The predicted octanol–water partition coefficient (Wildman–Crippen LogP) is 0.905. The van der Waals surface area contributed by atoms with Gasteiger partial charge in [-0.15, -0.1) is 11.8 Å². The lowest BCUT2D eigenvalue weighted by atomic mass is 10.0. The Morgan fingerprint density at radius 3 is 2.93 bits per heavy atom. The number of β-lactam (4-membered cyclic amide) rings is 1. The van der Waals surface area contributed by atoms with Crippen molar-refractivity contribution in [1.29, 1.82) is 0 Å². The van der Waals surface area contributed by atoms with E-state index in [1.807, 2.05) is 0 Å². The van der Waals surface area contributed by atoms with Gasteiger partial charge in [0.05, 0.1) is 17.3 Å². The van der Waals surface area contributed by atoms with E-state index in [2.05, 4.69) is 15.3 Å². The van der Waals surface area contributed by atoms with E-state index in [9.17, 15) is 23.7 Å². The molecular weight excluding hydrogens is 414 g/mol. The van der Waals surface area contributed by atoms with Crippen LogP contribution in [0.5, 0.6) is 0 Å². The summed E-state index contributed by atoms with van der Waals surface area (Å²) < 4.78 is 12.1. The van der Waals surface area contributed by atoms with E-state index in [0.29, 0.717) is 10.5 Å². The number of nitrogens with zero attached hydrogens (tertiary/aromatic N) is 4. The van der Waals surface area contributed by atoms with Gasteiger partial charge in [0.25, 0.3) is 5.91 Å². The first-order valence-corrected chi connectivity index (χ1v) is 10.9. The molecule has 2 amide bonds. The van der Waals surface area contributed by atoms with Crippen LogP contribution >= 0.6 is 23.1 Å². The van der Waals surface area contributed by atoms with Crippen molar-refractivity contribution in [1.82, 2.24) is 10.2 Å². The lowest BCUT2D eigenvalue weighted by molar-refractivity contribution is -0.150. The van der Waals surface area contributed by atoms with Gasteiger partial charge < -0.3 is 10.4 Å². The highest BCUT2D eigenvalue weighted by Gasteiger charge is 2.54. The van der Waals surface area contributed by atoms with Crippen LogP contribution in [0.4, 0.5) is 0 Å². The number of amides is 2. The van der Waals surface area contributed by atoms with Gasteiger partial charge in [0.15, 0.2) is 0 Å². The zero-order valence-corrected chi connectivity index (χ0v) is 16.1. The first-order chi connectivity index (χ1) is 12.9. The number of carbonyl (C=O) groups is 3. The van der Waals surface area contributed by atoms with Crippen LogP contribution in [-0.2, 0) is 25.2 Å². The summed E-state index contributed by atoms with van der Waals surface area (Å²) in [5.74, 6) is -2.40. The van der Waals surface area contributed by atoms with Crippen molar-refractivity contribution in [2.75, 3.05) is 18.1 Å². The van der Waals surface area contributed by atoms with Crippen LogP contribution in [0.2, 0.25) is 0 Å². The van der Waals surface area contributed by atoms with Crippen molar-refractivity contribution < 1.29 is 23.7 Å². The minimum atomic E-state index is -1.50. The lowest BCUT2D eigenvalue weighted by Crippen LogP contribution is -2.70. The van der Waals surface area contributed by atoms with Crippen molar-refractivity contribution in [2.24, 2.45) is 5.11 Å². The molecule has 1 fully saturated rings. The molecule has 2 aliphatic rings. The molecule has 0 saturated carbocycles. The molecule has 142 valence electrons. The molecule has 3 atom stereocenters. The minimum Gasteiger partial charge on any atom is -0.477 e. The van der Waals surface area contributed by atoms with E-state index >= 15 is 0 Å². The summed E-state index contributed by atoms with van der Waals surface area (Å²) >= 11 is 2.64. The predicted molar refractivity (Wildman–Crippen MR) is 99.3 cm³/mol. The standard InChI is InChI=1S/C14H13N5O5S3/c15-18-16-3-7-4-26-13-10(12(21)19(13)11(7)14(22)23)17-9(20)6-27(24)8-1-2-25-5-8/h1-2,5,10,13H,3-4,6H2,(H,17,20)(H,22,23). The van der Waals surface area contributed by atoms with Crippen molar-refractivity contribution in [3.05, 3.63) is 38.5 Å². The van der Waals surface area contributed by atoms with Crippen molar-refractivity contribution in [3.8, 4) is 0 Å². The lowest BCUT2D eigenvalue weighted by Gasteiger charge is -2.49. The van der Waals surface area contributed by atoms with Crippen LogP contribution in [0.1, 0.15) is 0 Å². The number of carbonyl (C=O) groups excluding carboxylic acids is 2. The van der Waals surface area contributed by atoms with Crippen molar-refractivity contribution >= 4 is 51.7 Å². The highest BCUT2D eigenvalue weighted by Crippen LogP contribution is 2.40. The Morgan fingerprint density at radius 2 is 2.30 bits per heavy atom. The number of carboxylic acid groups (broad SMARTS) is 1. The summed E-state index contributed by atoms with van der Waals surface area (Å²) in [4.78, 5) is 40.3. The third-order valence-electron chi connectivity index (χ3n) is 3.91. The number of thioether (sulfide) groups is 1. The number of hydrogen-bond donors (Lipinski definition) is 2. The Labute approximate surface area is 163 Å². The fourth-order valence-corrected chi connectivity index (χ4v) is 5.96. The molecule has 0 spiro atoms. The second-order valence-electron chi connectivity index (χ2n) is 5.55. The average molecular weight is 427 g/mol. The summed E-state index contributed by atoms with van der Waals surface area (Å²) in [7, 11) is -1.50. The second-order valence-corrected chi connectivity index (χ2v) is 8.89. The third kappa shape index (κ3) is 3.86. The first-order valence-electron chi connectivity index (χ1n) is 7.54. The number of rotatable bonds is 7. The monoisotopic (exact) mass is 427 g/mol. The normalized spacial score (nSPS) is 22.4. The quantitative estimate of drug-likeness (QED) is 0.285. The fraction of sp³-hybridized carbons (Fsp3) is 0.357. The molecule has 1 saturated heterocycles. The maximum Gasteiger partial charge on any atom is 0.352 e. The number of hydrogen-bond acceptors (Lipinski definition) is 7. The van der Waals surface area contributed by atoms with Gasteiger partial charge in [-0.2, -0.15) is 11.3 Å². The molecule has 0 aromatic carbocycles. The molecule has 2 aliphatic heterocycles. The third-order valence-corrected chi connectivity index (χ3v) is 7.39. The van der Waals surface area contributed by atoms with Gasteiger partial charge >= 0.3 is 5.97 Å². The molecule has 0 bridgehead atoms. The Kier molecular flexibility index (Phi) is 5.85. The SMILES string of the molecule is [N-]=[N+]=NCC1=C(C(=O)O)N2C(=O)C(NC(=O)CS(=O)c3ccsc3)C2SC1. The summed E-state index contributed by atoms with van der Waals surface area (Å²) in [5, 5.41) is 18.2. The zero-order chi connectivity index (χ0) is 19.6. The Balaban J connectivity index is 1.68. The number of fused-ring (bicyclic) bond motifs is 1. The Morgan fingerprint density at radius 1 is 1.52 bits per heavy atom. The summed E-state index contributed by atoms with van der Waals surface area (Å²) in [6.07, 6.45) is 0. The fourth-order valence-electron chi connectivity index (χ4n) is 2.72. The number of azide groups is 1. The van der Waals surface area contributed by atoms with Gasteiger partial charge in [-0.05, 0) is 22.6 Å². The largest absolute Gasteiger partial charge is 0.477 e. The maximum absolute atomic E-state index is 12.4. The van der Waals surface area contributed by atoms with E-state index in [4.69, 9.17) is 5.53 Å². The summed E-state index contributed by atoms with van der Waals surface area (Å²) in [5.41, 5.74) is 8.56. The Bertz CT molecular complexity index is 893. The van der Waals surface area contributed by atoms with Gasteiger partial charge in [0.2, 0.25) is 5.91 Å². The molecule has 0 aliphatic carbocycles. The smallest absolute Gasteiger partial charge is 0.352 e. The number of thiophene rings is 1. The van der Waals surface area contributed by atoms with Gasteiger partial charge in [0, 0.05) is 20.9 Å². The Hall–Kier alpha value is -2.34. The van der Waals surface area contributed by atoms with Crippen LogP contribution in [0.3, 0.4) is 0 Å². The molecule has 13 heteroatoms. The molecule has 3 rings (SSSR count). The highest BCUT2D eigenvalue weighted by atomic mass is 32.2. The molecule has 2 N–H and O–H groups in total. The minimum absolute atomic E-state index is 0.141. The van der Waals surface area contributed by atoms with Gasteiger partial charge in [0.1, 0.15) is 22.9 Å². The molecule has 1 aromatic rings. The zero-order valence-electron chi connectivity index (χ0n) is 13.6. The number of aliphatic carboxylic acids is 1. The van der Waals surface area contributed by atoms with E-state index in [1.165, 1.54) is 23.1 Å². The van der Waals surface area contributed by atoms with E-state index in [1.54, 1.807) is 16.8 Å². The highest BCUT2D eigenvalue weighted by molar-refractivity contribution is 8.00. The van der Waals surface area contributed by atoms with Crippen LogP contribution < -0.4 is 5.32 Å². The van der Waals surface area contributed by atoms with E-state index in [0.717, 1.165) is 4.90 Å². The molecular formula is C14H13N5O5S3. The van der Waals surface area contributed by atoms with Crippen LogP contribution in [0, 0.1) is 0 Å². The molecule has 27 heavy (non-hydrogen) atoms. The topological polar surface area (TPSA) is 153 Å². The number of carboxylic acids is 1.